The van der Waals surface area contributed by atoms with Gasteiger partial charge in [0.05, 0.1) is 30.1 Å². The Bertz CT molecular complexity index is 822. The maximum Gasteiger partial charge on any atom is 0.207 e. The van der Waals surface area contributed by atoms with Crippen molar-refractivity contribution in [1.82, 2.24) is 4.98 Å². The number of aromatic nitrogens is 1. The first-order chi connectivity index (χ1) is 16.7. The van der Waals surface area contributed by atoms with Crippen LogP contribution in [0, 0.1) is 11.3 Å². The second kappa shape index (κ2) is 17.7. The van der Waals surface area contributed by atoms with Gasteiger partial charge in [-0.15, -0.1) is 0 Å². The third-order valence-electron chi connectivity index (χ3n) is 5.64. The van der Waals surface area contributed by atoms with Crippen molar-refractivity contribution >= 4 is 22.4 Å². The second-order valence-corrected chi connectivity index (χ2v) is 12.6. The number of nitriles is 1. The topological polar surface area (TPSA) is 55.1 Å². The zero-order chi connectivity index (χ0) is 24.4. The van der Waals surface area contributed by atoms with E-state index in [-0.39, 0.29) is 22.4 Å². The van der Waals surface area contributed by atoms with Gasteiger partial charge in [-0.1, -0.05) is 44.7 Å². The first-order valence-electron chi connectivity index (χ1n) is 12.8. The second-order valence-electron chi connectivity index (χ2n) is 8.32. The molecular formula is C28H42N2O2S2+2. The van der Waals surface area contributed by atoms with Gasteiger partial charge < -0.3 is 4.74 Å². The molecule has 0 bridgehead atoms. The zero-order valence-corrected chi connectivity index (χ0v) is 22.9. The predicted molar refractivity (Wildman–Crippen MR) is 149 cm³/mol. The lowest BCUT2D eigenvalue weighted by molar-refractivity contribution is 0.303. The Kier molecular flexibility index (Phi) is 14.9. The molecule has 0 aliphatic rings. The number of nitrogens with zero attached hydrogens (tertiary/aromatic N) is 2. The van der Waals surface area contributed by atoms with Gasteiger partial charge in [-0.05, 0) is 63.8 Å². The zero-order valence-electron chi connectivity index (χ0n) is 21.3. The van der Waals surface area contributed by atoms with E-state index in [9.17, 15) is 0 Å². The first kappa shape index (κ1) is 28.6. The van der Waals surface area contributed by atoms with Crippen LogP contribution in [0.2, 0.25) is 0 Å². The van der Waals surface area contributed by atoms with E-state index >= 15 is 0 Å². The van der Waals surface area contributed by atoms with Crippen LogP contribution in [0.5, 0.6) is 5.75 Å². The summed E-state index contributed by atoms with van der Waals surface area (Å²) in [5.74, 6) is 5.63. The predicted octanol–water partition coefficient (Wildman–Crippen LogP) is 7.26. The molecule has 1 heterocycles. The Balaban J connectivity index is 1.53. The maximum atomic E-state index is 8.91. The van der Waals surface area contributed by atoms with Crippen molar-refractivity contribution in [2.45, 2.75) is 72.1 Å². The molecule has 2 unspecified atom stereocenters. The standard InChI is InChI=1S/C28H42N2O2S2/c1-4-7-21-33(5-2)32-34(6-3)22-13-11-9-8-10-12-20-31-27-18-19-28(30-24-27)26-16-14-25(23-29)15-17-26/h14-19,24H,4-13,20-22H2,1-3H3/q+2. The normalized spacial score (nSPS) is 12.8. The lowest BCUT2D eigenvalue weighted by Crippen LogP contribution is -2.23. The van der Waals surface area contributed by atoms with Crippen LogP contribution in [-0.4, -0.2) is 34.6 Å². The molecule has 0 aliphatic heterocycles. The van der Waals surface area contributed by atoms with Crippen LogP contribution in [0.4, 0.5) is 0 Å². The molecule has 0 N–H and O–H groups in total. The van der Waals surface area contributed by atoms with Crippen molar-refractivity contribution in [3.05, 3.63) is 48.2 Å². The monoisotopic (exact) mass is 502 g/mol. The van der Waals surface area contributed by atoms with E-state index in [1.807, 2.05) is 36.4 Å². The van der Waals surface area contributed by atoms with Gasteiger partial charge in [-0.3, -0.25) is 4.98 Å². The molecular weight excluding hydrogens is 460 g/mol. The van der Waals surface area contributed by atoms with Gasteiger partial charge >= 0.3 is 0 Å². The molecule has 2 atom stereocenters. The fraction of sp³-hybridized carbons (Fsp3) is 0.571. The van der Waals surface area contributed by atoms with E-state index in [1.54, 1.807) is 6.20 Å². The minimum atomic E-state index is 0.162. The van der Waals surface area contributed by atoms with Crippen LogP contribution in [-0.2, 0) is 26.0 Å². The number of benzene rings is 1. The van der Waals surface area contributed by atoms with Crippen molar-refractivity contribution in [3.8, 4) is 23.1 Å². The molecule has 1 aromatic carbocycles. The van der Waals surface area contributed by atoms with Crippen LogP contribution in [0.15, 0.2) is 42.6 Å². The fourth-order valence-electron chi connectivity index (χ4n) is 3.51. The van der Waals surface area contributed by atoms with Crippen LogP contribution < -0.4 is 4.74 Å². The minimum Gasteiger partial charge on any atom is -0.492 e. The summed E-state index contributed by atoms with van der Waals surface area (Å²) in [5.41, 5.74) is 2.55. The number of hydrogen-bond acceptors (Lipinski definition) is 4. The maximum absolute atomic E-state index is 8.91. The fourth-order valence-corrected chi connectivity index (χ4v) is 7.63. The number of hydrogen-bond donors (Lipinski definition) is 0. The Morgan fingerprint density at radius 1 is 0.794 bits per heavy atom. The van der Waals surface area contributed by atoms with Crippen molar-refractivity contribution in [2.24, 2.45) is 0 Å². The summed E-state index contributed by atoms with van der Waals surface area (Å²) in [7, 11) is 0. The summed E-state index contributed by atoms with van der Waals surface area (Å²) in [6.45, 7) is 7.54. The summed E-state index contributed by atoms with van der Waals surface area (Å²) in [4.78, 5) is 4.50. The van der Waals surface area contributed by atoms with E-state index in [1.165, 1.54) is 62.2 Å². The SMILES string of the molecule is CCCC[S+](CC)O[S+](CC)CCCCCCCCOc1ccc(-c2ccc(C#N)cc2)nc1. The molecule has 4 nitrogen and oxygen atoms in total. The lowest BCUT2D eigenvalue weighted by atomic mass is 10.1. The molecule has 6 heteroatoms. The van der Waals surface area contributed by atoms with Crippen LogP contribution in [0.25, 0.3) is 11.3 Å². The third-order valence-corrected chi connectivity index (χ3v) is 9.96. The minimum absolute atomic E-state index is 0.162. The smallest absolute Gasteiger partial charge is 0.207 e. The molecule has 2 aromatic rings. The Morgan fingerprint density at radius 3 is 2.03 bits per heavy atom. The number of rotatable bonds is 18. The van der Waals surface area contributed by atoms with E-state index in [2.05, 4.69) is 31.8 Å². The number of unbranched alkanes of at least 4 members (excludes halogenated alkanes) is 6. The number of ether oxygens (including phenoxy) is 1. The average Bonchev–Trinajstić information content (AvgIpc) is 2.89. The average molecular weight is 503 g/mol. The molecule has 0 saturated heterocycles. The van der Waals surface area contributed by atoms with E-state index < -0.39 is 0 Å². The van der Waals surface area contributed by atoms with E-state index in [0.717, 1.165) is 35.8 Å². The highest BCUT2D eigenvalue weighted by atomic mass is 32.3. The Hall–Kier alpha value is -1.68. The van der Waals surface area contributed by atoms with E-state index in [0.29, 0.717) is 5.56 Å². The van der Waals surface area contributed by atoms with E-state index in [4.69, 9.17) is 13.6 Å². The van der Waals surface area contributed by atoms with Gasteiger partial charge in [0.15, 0.2) is 0 Å². The Labute approximate surface area is 213 Å². The van der Waals surface area contributed by atoms with Crippen molar-refractivity contribution in [2.75, 3.05) is 29.6 Å². The highest BCUT2D eigenvalue weighted by Crippen LogP contribution is 2.20. The van der Waals surface area contributed by atoms with Crippen molar-refractivity contribution in [3.63, 3.8) is 0 Å². The summed E-state index contributed by atoms with van der Waals surface area (Å²) in [6, 6.07) is 13.6. The van der Waals surface area contributed by atoms with Crippen LogP contribution in [0.3, 0.4) is 0 Å². The molecule has 0 radical (unpaired) electrons. The summed E-state index contributed by atoms with van der Waals surface area (Å²) >= 11 is 0.342. The molecule has 0 amide bonds. The summed E-state index contributed by atoms with van der Waals surface area (Å²) < 4.78 is 12.3. The van der Waals surface area contributed by atoms with Crippen molar-refractivity contribution < 1.29 is 8.37 Å². The van der Waals surface area contributed by atoms with Gasteiger partial charge in [0.25, 0.3) is 0 Å². The van der Waals surface area contributed by atoms with Gasteiger partial charge in [0.2, 0.25) is 22.4 Å². The van der Waals surface area contributed by atoms with Crippen LogP contribution >= 0.6 is 0 Å². The summed E-state index contributed by atoms with van der Waals surface area (Å²) in [6.07, 6.45) is 11.8. The molecule has 1 aromatic heterocycles. The van der Waals surface area contributed by atoms with Gasteiger partial charge in [-0.25, -0.2) is 0 Å². The molecule has 186 valence electrons. The Morgan fingerprint density at radius 2 is 1.44 bits per heavy atom. The summed E-state index contributed by atoms with van der Waals surface area (Å²) in [5, 5.41) is 8.91. The highest BCUT2D eigenvalue weighted by molar-refractivity contribution is 8.05. The quantitative estimate of drug-likeness (QED) is 0.159. The van der Waals surface area contributed by atoms with Crippen LogP contribution in [0.1, 0.15) is 77.7 Å². The largest absolute Gasteiger partial charge is 0.492 e. The molecule has 0 saturated carbocycles. The molecule has 2 rings (SSSR count). The molecule has 34 heavy (non-hydrogen) atoms. The van der Waals surface area contributed by atoms with Crippen molar-refractivity contribution in [1.29, 1.82) is 5.26 Å². The van der Waals surface area contributed by atoms with Gasteiger partial charge in [-0.2, -0.15) is 5.26 Å². The highest BCUT2D eigenvalue weighted by Gasteiger charge is 2.31. The lowest BCUT2D eigenvalue weighted by Gasteiger charge is -2.07. The number of pyridine rings is 1. The van der Waals surface area contributed by atoms with Gasteiger partial charge in [0.1, 0.15) is 28.8 Å². The molecule has 0 fully saturated rings. The first-order valence-corrected chi connectivity index (χ1v) is 15.8. The third kappa shape index (κ3) is 11.2. The molecule has 0 aliphatic carbocycles. The van der Waals surface area contributed by atoms with Gasteiger partial charge in [0, 0.05) is 9.19 Å². The molecule has 0 spiro atoms.